The quantitative estimate of drug-likeness (QED) is 0.197. The number of likely N-dealkylation sites (N-methyl/N-ethyl adjacent to an activating group) is 1. The molecule has 0 aromatic heterocycles. The summed E-state index contributed by atoms with van der Waals surface area (Å²) in [5.74, 6) is 1.05. The van der Waals surface area contributed by atoms with Gasteiger partial charge in [-0.15, -0.1) is 24.0 Å². The molecule has 30 heavy (non-hydrogen) atoms. The van der Waals surface area contributed by atoms with Gasteiger partial charge in [0.25, 0.3) is 0 Å². The van der Waals surface area contributed by atoms with Crippen molar-refractivity contribution >= 4 is 29.9 Å². The van der Waals surface area contributed by atoms with Crippen LogP contribution in [0.25, 0.3) is 0 Å². The lowest BCUT2D eigenvalue weighted by molar-refractivity contribution is 0.136. The zero-order chi connectivity index (χ0) is 20.9. The summed E-state index contributed by atoms with van der Waals surface area (Å²) in [6, 6.07) is 6.21. The third-order valence-corrected chi connectivity index (χ3v) is 5.09. The second kappa shape index (κ2) is 15.6. The van der Waals surface area contributed by atoms with E-state index in [-0.39, 0.29) is 35.9 Å². The van der Waals surface area contributed by atoms with Crippen molar-refractivity contribution in [2.75, 3.05) is 58.9 Å². The second-order valence-electron chi connectivity index (χ2n) is 7.52. The van der Waals surface area contributed by atoms with E-state index >= 15 is 0 Å². The van der Waals surface area contributed by atoms with Gasteiger partial charge in [0.2, 0.25) is 0 Å². The molecule has 172 valence electrons. The number of hydrogen-bond donors (Lipinski definition) is 2. The van der Waals surface area contributed by atoms with Gasteiger partial charge in [0.1, 0.15) is 17.7 Å². The Hall–Kier alpha value is -1.13. The average Bonchev–Trinajstić information content (AvgIpc) is 2.72. The highest BCUT2D eigenvalue weighted by atomic mass is 127. The Morgan fingerprint density at radius 2 is 1.87 bits per heavy atom. The maximum absolute atomic E-state index is 13.3. The first-order valence-electron chi connectivity index (χ1n) is 11.0. The van der Waals surface area contributed by atoms with Gasteiger partial charge in [0.15, 0.2) is 5.96 Å². The van der Waals surface area contributed by atoms with Crippen LogP contribution < -0.4 is 15.4 Å². The first-order chi connectivity index (χ1) is 14.1. The first kappa shape index (κ1) is 26.9. The predicted molar refractivity (Wildman–Crippen MR) is 134 cm³/mol. The Labute approximate surface area is 198 Å². The lowest BCUT2D eigenvalue weighted by Crippen LogP contribution is -2.46. The fourth-order valence-corrected chi connectivity index (χ4v) is 3.37. The Balaban J connectivity index is 0.00000450. The molecule has 1 aliphatic rings. The number of hydrogen-bond acceptors (Lipinski definition) is 4. The van der Waals surface area contributed by atoms with E-state index in [1.54, 1.807) is 12.1 Å². The molecule has 8 heteroatoms. The normalized spacial score (nSPS) is 16.6. The first-order valence-corrected chi connectivity index (χ1v) is 11.0. The summed E-state index contributed by atoms with van der Waals surface area (Å²) in [6.45, 7) is 15.6. The molecule has 1 aromatic carbocycles. The van der Waals surface area contributed by atoms with Crippen LogP contribution >= 0.6 is 24.0 Å². The molecule has 2 rings (SSSR count). The van der Waals surface area contributed by atoms with Gasteiger partial charge in [-0.2, -0.15) is 0 Å². The number of nitrogens with zero attached hydrogens (tertiary/aromatic N) is 3. The van der Waals surface area contributed by atoms with Gasteiger partial charge in [0, 0.05) is 45.3 Å². The van der Waals surface area contributed by atoms with Crippen molar-refractivity contribution in [3.63, 3.8) is 0 Å². The van der Waals surface area contributed by atoms with E-state index in [1.165, 1.54) is 51.3 Å². The van der Waals surface area contributed by atoms with Gasteiger partial charge in [-0.25, -0.2) is 9.38 Å². The highest BCUT2D eigenvalue weighted by molar-refractivity contribution is 14.0. The highest BCUT2D eigenvalue weighted by Crippen LogP contribution is 2.13. The van der Waals surface area contributed by atoms with Crippen LogP contribution in [0.5, 0.6) is 5.75 Å². The Kier molecular flexibility index (Phi) is 14.0. The molecule has 0 saturated carbocycles. The molecule has 1 aliphatic heterocycles. The summed E-state index contributed by atoms with van der Waals surface area (Å²) in [5.41, 5.74) is 0. The molecular weight excluding hydrogens is 496 g/mol. The van der Waals surface area contributed by atoms with Crippen LogP contribution in [0.15, 0.2) is 29.3 Å². The topological polar surface area (TPSA) is 52.1 Å². The van der Waals surface area contributed by atoms with Crippen LogP contribution in [0.1, 0.15) is 33.6 Å². The molecule has 0 bridgehead atoms. The fourth-order valence-electron chi connectivity index (χ4n) is 3.37. The monoisotopic (exact) mass is 535 g/mol. The number of guanidine groups is 1. The summed E-state index contributed by atoms with van der Waals surface area (Å²) in [5, 5.41) is 6.67. The molecule has 1 unspecified atom stereocenters. The third-order valence-electron chi connectivity index (χ3n) is 5.09. The Bertz CT molecular complexity index is 611. The number of benzene rings is 1. The molecule has 1 aromatic rings. The molecule has 2 N–H and O–H groups in total. The third kappa shape index (κ3) is 10.8. The smallest absolute Gasteiger partial charge is 0.191 e. The Morgan fingerprint density at radius 1 is 1.13 bits per heavy atom. The maximum atomic E-state index is 13.3. The van der Waals surface area contributed by atoms with Crippen molar-refractivity contribution in [1.29, 1.82) is 0 Å². The molecule has 1 fully saturated rings. The van der Waals surface area contributed by atoms with Crippen molar-refractivity contribution in [3.05, 3.63) is 30.1 Å². The van der Waals surface area contributed by atoms with Crippen LogP contribution in [-0.2, 0) is 0 Å². The van der Waals surface area contributed by atoms with E-state index in [2.05, 4.69) is 39.3 Å². The van der Waals surface area contributed by atoms with Gasteiger partial charge >= 0.3 is 0 Å². The summed E-state index contributed by atoms with van der Waals surface area (Å²) in [6.07, 6.45) is 2.18. The molecule has 0 radical (unpaired) electrons. The average molecular weight is 535 g/mol. The van der Waals surface area contributed by atoms with E-state index in [0.29, 0.717) is 12.3 Å². The zero-order valence-corrected chi connectivity index (χ0v) is 21.0. The highest BCUT2D eigenvalue weighted by Gasteiger charge is 2.14. The van der Waals surface area contributed by atoms with Crippen LogP contribution in [0.4, 0.5) is 4.39 Å². The van der Waals surface area contributed by atoms with Gasteiger partial charge in [-0.3, -0.25) is 0 Å². The molecule has 6 nitrogen and oxygen atoms in total. The minimum Gasteiger partial charge on any atom is -0.489 e. The lowest BCUT2D eigenvalue weighted by Gasteiger charge is -2.34. The van der Waals surface area contributed by atoms with Crippen LogP contribution in [0.2, 0.25) is 0 Å². The van der Waals surface area contributed by atoms with Gasteiger partial charge in [-0.05, 0) is 51.9 Å². The van der Waals surface area contributed by atoms with Crippen LogP contribution in [0.3, 0.4) is 0 Å². The molecular formula is C22H39FIN5O. The number of halogens is 2. The number of piperazine rings is 1. The number of rotatable bonds is 11. The molecule has 0 amide bonds. The SMILES string of the molecule is CCNC(=NCC(C)Oc1cccc(F)c1)NCCCCN1CCN(CC)CC1.I. The number of nitrogens with one attached hydrogen (secondary N) is 2. The molecule has 1 heterocycles. The fraction of sp³-hybridized carbons (Fsp3) is 0.682. The molecule has 0 aliphatic carbocycles. The van der Waals surface area contributed by atoms with Crippen molar-refractivity contribution in [2.45, 2.75) is 39.7 Å². The van der Waals surface area contributed by atoms with E-state index < -0.39 is 0 Å². The van der Waals surface area contributed by atoms with Gasteiger partial charge in [-0.1, -0.05) is 13.0 Å². The zero-order valence-electron chi connectivity index (χ0n) is 18.7. The summed E-state index contributed by atoms with van der Waals surface area (Å²) < 4.78 is 19.0. The predicted octanol–water partition coefficient (Wildman–Crippen LogP) is 3.18. The second-order valence-corrected chi connectivity index (χ2v) is 7.52. The number of ether oxygens (including phenoxy) is 1. The van der Waals surface area contributed by atoms with Crippen LogP contribution in [0, 0.1) is 5.82 Å². The van der Waals surface area contributed by atoms with E-state index in [0.717, 1.165) is 32.0 Å². The lowest BCUT2D eigenvalue weighted by atomic mass is 10.2. The summed E-state index contributed by atoms with van der Waals surface area (Å²) in [4.78, 5) is 9.67. The largest absolute Gasteiger partial charge is 0.489 e. The Morgan fingerprint density at radius 3 is 2.53 bits per heavy atom. The maximum Gasteiger partial charge on any atom is 0.191 e. The van der Waals surface area contributed by atoms with Crippen LogP contribution in [-0.4, -0.2) is 80.8 Å². The molecule has 0 spiro atoms. The van der Waals surface area contributed by atoms with E-state index in [9.17, 15) is 4.39 Å². The summed E-state index contributed by atoms with van der Waals surface area (Å²) >= 11 is 0. The van der Waals surface area contributed by atoms with Crippen molar-refractivity contribution in [1.82, 2.24) is 20.4 Å². The minimum absolute atomic E-state index is 0. The number of unbranched alkanes of at least 4 members (excludes halogenated alkanes) is 1. The molecule has 1 atom stereocenters. The minimum atomic E-state index is -0.291. The standard InChI is InChI=1S/C22H38FN5O.HI/c1-4-24-22(26-18-19(3)29-21-10-8-9-20(23)17-21)25-11-6-7-12-28-15-13-27(5-2)14-16-28;/h8-10,17,19H,4-7,11-16,18H2,1-3H3,(H2,24,25,26);1H. The van der Waals surface area contributed by atoms with E-state index in [1.807, 2.05) is 6.92 Å². The van der Waals surface area contributed by atoms with Gasteiger partial charge in [0.05, 0.1) is 6.54 Å². The van der Waals surface area contributed by atoms with E-state index in [4.69, 9.17) is 4.74 Å². The number of aliphatic imine (C=N–C) groups is 1. The molecule has 1 saturated heterocycles. The van der Waals surface area contributed by atoms with Gasteiger partial charge < -0.3 is 25.2 Å². The summed E-state index contributed by atoms with van der Waals surface area (Å²) in [7, 11) is 0. The van der Waals surface area contributed by atoms with Crippen molar-refractivity contribution in [2.24, 2.45) is 4.99 Å². The van der Waals surface area contributed by atoms with Crippen molar-refractivity contribution < 1.29 is 9.13 Å². The van der Waals surface area contributed by atoms with Crippen molar-refractivity contribution in [3.8, 4) is 5.75 Å².